The van der Waals surface area contributed by atoms with Crippen molar-refractivity contribution in [2.75, 3.05) is 19.0 Å². The smallest absolute Gasteiger partial charge is 0.330 e. The van der Waals surface area contributed by atoms with Gasteiger partial charge in [-0.3, -0.25) is 0 Å². The lowest BCUT2D eigenvalue weighted by atomic mass is 9.98. The van der Waals surface area contributed by atoms with Crippen LogP contribution in [0.3, 0.4) is 0 Å². The van der Waals surface area contributed by atoms with Gasteiger partial charge in [0.05, 0.1) is 0 Å². The molecule has 3 rings (SSSR count). The van der Waals surface area contributed by atoms with Gasteiger partial charge in [-0.2, -0.15) is 8.78 Å². The van der Waals surface area contributed by atoms with Crippen LogP contribution in [0.2, 0.25) is 0 Å². The van der Waals surface area contributed by atoms with Crippen molar-refractivity contribution in [1.29, 1.82) is 0 Å². The van der Waals surface area contributed by atoms with Crippen molar-refractivity contribution in [2.24, 2.45) is 0 Å². The Morgan fingerprint density at radius 3 is 2.28 bits per heavy atom. The Morgan fingerprint density at radius 1 is 1.00 bits per heavy atom. The molecule has 0 saturated heterocycles. The number of nitrogens with zero attached hydrogens (tertiary/aromatic N) is 3. The van der Waals surface area contributed by atoms with Crippen LogP contribution in [0, 0.1) is 0 Å². The van der Waals surface area contributed by atoms with Crippen molar-refractivity contribution in [1.82, 2.24) is 9.97 Å². The van der Waals surface area contributed by atoms with Gasteiger partial charge in [0.15, 0.2) is 11.3 Å². The van der Waals surface area contributed by atoms with Crippen LogP contribution >= 0.6 is 11.8 Å². The minimum absolute atomic E-state index is 0.0826. The first-order chi connectivity index (χ1) is 11.9. The lowest BCUT2D eigenvalue weighted by Crippen LogP contribution is -2.23. The molecule has 0 amide bonds. The number of aromatic nitrogens is 2. The Hall–Kier alpha value is -2.25. The Bertz CT molecular complexity index is 875. The van der Waals surface area contributed by atoms with Gasteiger partial charge in [0.25, 0.3) is 0 Å². The molecular formula is C18H17F2N3OS. The highest BCUT2D eigenvalue weighted by atomic mass is 32.2. The fraction of sp³-hybridized carbons (Fsp3) is 0.222. The van der Waals surface area contributed by atoms with Crippen molar-refractivity contribution < 1.29 is 13.9 Å². The van der Waals surface area contributed by atoms with Crippen LogP contribution in [0.15, 0.2) is 60.0 Å². The first kappa shape index (κ1) is 17.6. The fourth-order valence-corrected chi connectivity index (χ4v) is 3.34. The largest absolute Gasteiger partial charge is 0.381 e. The monoisotopic (exact) mass is 361 g/mol. The number of hydrogen-bond acceptors (Lipinski definition) is 5. The summed E-state index contributed by atoms with van der Waals surface area (Å²) in [4.78, 5) is 9.49. The second-order valence-corrected chi connectivity index (χ2v) is 6.83. The molecule has 3 aromatic rings. The maximum atomic E-state index is 14.6. The first-order valence-electron chi connectivity index (χ1n) is 7.61. The van der Waals surface area contributed by atoms with Crippen molar-refractivity contribution in [3.63, 3.8) is 0 Å². The Morgan fingerprint density at radius 2 is 1.64 bits per heavy atom. The van der Waals surface area contributed by atoms with Crippen LogP contribution in [0.4, 0.5) is 14.5 Å². The number of aliphatic hydroxyl groups is 1. The summed E-state index contributed by atoms with van der Waals surface area (Å²) in [5.74, 6) is 0. The van der Waals surface area contributed by atoms with E-state index in [1.807, 2.05) is 31.1 Å². The van der Waals surface area contributed by atoms with E-state index in [-0.39, 0.29) is 22.5 Å². The van der Waals surface area contributed by atoms with Gasteiger partial charge in [-0.1, -0.05) is 30.3 Å². The molecule has 25 heavy (non-hydrogen) atoms. The second kappa shape index (κ2) is 6.93. The topological polar surface area (TPSA) is 49.2 Å². The molecule has 4 nitrogen and oxygen atoms in total. The summed E-state index contributed by atoms with van der Waals surface area (Å²) >= 11 is 0.152. The predicted molar refractivity (Wildman–Crippen MR) is 96.1 cm³/mol. The van der Waals surface area contributed by atoms with Gasteiger partial charge >= 0.3 is 5.25 Å². The van der Waals surface area contributed by atoms with Crippen molar-refractivity contribution in [2.45, 2.75) is 16.5 Å². The number of benzene rings is 2. The fourth-order valence-electron chi connectivity index (χ4n) is 2.63. The zero-order valence-corrected chi connectivity index (χ0v) is 14.5. The van der Waals surface area contributed by atoms with Crippen LogP contribution < -0.4 is 4.90 Å². The first-order valence-corrected chi connectivity index (χ1v) is 8.42. The van der Waals surface area contributed by atoms with Gasteiger partial charge in [0, 0.05) is 37.6 Å². The highest BCUT2D eigenvalue weighted by Crippen LogP contribution is 2.45. The molecule has 1 N–H and O–H groups in total. The van der Waals surface area contributed by atoms with Crippen molar-refractivity contribution in [3.8, 4) is 0 Å². The molecule has 1 unspecified atom stereocenters. The Labute approximate surface area is 148 Å². The number of hydrogen-bond donors (Lipinski definition) is 1. The molecule has 0 spiro atoms. The lowest BCUT2D eigenvalue weighted by molar-refractivity contribution is -0.0350. The molecule has 2 aromatic carbocycles. The van der Waals surface area contributed by atoms with E-state index in [2.05, 4.69) is 9.97 Å². The molecule has 1 heterocycles. The van der Waals surface area contributed by atoms with E-state index in [9.17, 15) is 13.9 Å². The summed E-state index contributed by atoms with van der Waals surface area (Å²) in [6.45, 7) is 0. The third kappa shape index (κ3) is 3.57. The molecule has 0 aliphatic heterocycles. The number of aliphatic hydroxyl groups excluding tert-OH is 1. The van der Waals surface area contributed by atoms with Gasteiger partial charge in [0.2, 0.25) is 0 Å². The van der Waals surface area contributed by atoms with Crippen molar-refractivity contribution >= 4 is 28.2 Å². The molecule has 1 atom stereocenters. The molecule has 1 aromatic heterocycles. The summed E-state index contributed by atoms with van der Waals surface area (Å²) in [5, 5.41) is 8.25. The molecule has 0 radical (unpaired) electrons. The predicted octanol–water partition coefficient (Wildman–Crippen LogP) is 4.11. The number of anilines is 1. The van der Waals surface area contributed by atoms with Gasteiger partial charge < -0.3 is 10.0 Å². The number of rotatable bonds is 5. The number of halogens is 2. The summed E-state index contributed by atoms with van der Waals surface area (Å²) in [5.41, 5.74) is 1.07. The van der Waals surface area contributed by atoms with E-state index >= 15 is 0 Å². The SMILES string of the molecule is CN(C)c1ccc(C(O)C(F)(F)Sc2ncccn2)c2ccccc12. The average Bonchev–Trinajstić information content (AvgIpc) is 2.60. The average molecular weight is 361 g/mol. The lowest BCUT2D eigenvalue weighted by Gasteiger charge is -2.24. The maximum Gasteiger partial charge on any atom is 0.330 e. The van der Waals surface area contributed by atoms with Crippen LogP contribution in [-0.2, 0) is 0 Å². The van der Waals surface area contributed by atoms with Gasteiger partial charge in [-0.15, -0.1) is 0 Å². The quantitative estimate of drug-likeness (QED) is 0.547. The molecule has 0 fully saturated rings. The van der Waals surface area contributed by atoms with Gasteiger partial charge in [0.1, 0.15) is 0 Å². The molecule has 0 bridgehead atoms. The zero-order valence-electron chi connectivity index (χ0n) is 13.7. The van der Waals surface area contributed by atoms with Crippen LogP contribution in [0.1, 0.15) is 11.7 Å². The summed E-state index contributed by atoms with van der Waals surface area (Å²) in [7, 11) is 3.77. The zero-order chi connectivity index (χ0) is 18.0. The number of alkyl halides is 2. The van der Waals surface area contributed by atoms with E-state index in [1.165, 1.54) is 12.4 Å². The van der Waals surface area contributed by atoms with Gasteiger partial charge in [-0.25, -0.2) is 9.97 Å². The maximum absolute atomic E-state index is 14.6. The Balaban J connectivity index is 2.02. The van der Waals surface area contributed by atoms with Crippen LogP contribution in [0.5, 0.6) is 0 Å². The molecule has 7 heteroatoms. The summed E-state index contributed by atoms with van der Waals surface area (Å²) in [6.07, 6.45) is 0.792. The molecule has 0 aliphatic carbocycles. The van der Waals surface area contributed by atoms with Crippen LogP contribution in [-0.4, -0.2) is 34.4 Å². The van der Waals surface area contributed by atoms with E-state index in [0.717, 1.165) is 11.1 Å². The summed E-state index contributed by atoms with van der Waals surface area (Å²) < 4.78 is 29.2. The normalized spacial score (nSPS) is 13.0. The van der Waals surface area contributed by atoms with E-state index in [4.69, 9.17) is 0 Å². The number of thioether (sulfide) groups is 1. The highest BCUT2D eigenvalue weighted by Gasteiger charge is 2.42. The molecule has 0 aliphatic rings. The number of fused-ring (bicyclic) bond motifs is 1. The standard InChI is InChI=1S/C18H17F2N3OS/c1-23(2)15-9-8-14(12-6-3-4-7-13(12)15)16(24)18(19,20)25-17-21-10-5-11-22-17/h3-11,16,24H,1-2H3. The molecule has 130 valence electrons. The van der Waals surface area contributed by atoms with Crippen molar-refractivity contribution in [3.05, 3.63) is 60.4 Å². The second-order valence-electron chi connectivity index (χ2n) is 5.71. The van der Waals surface area contributed by atoms with E-state index < -0.39 is 11.4 Å². The third-order valence-corrected chi connectivity index (χ3v) is 4.69. The van der Waals surface area contributed by atoms with Gasteiger partial charge in [-0.05, 0) is 34.8 Å². The summed E-state index contributed by atoms with van der Waals surface area (Å²) in [6, 6.07) is 12.0. The highest BCUT2D eigenvalue weighted by molar-refractivity contribution is 8.00. The minimum Gasteiger partial charge on any atom is -0.381 e. The van der Waals surface area contributed by atoms with E-state index in [1.54, 1.807) is 30.3 Å². The minimum atomic E-state index is -3.47. The third-order valence-electron chi connectivity index (χ3n) is 3.80. The van der Waals surface area contributed by atoms with Crippen LogP contribution in [0.25, 0.3) is 10.8 Å². The molecular weight excluding hydrogens is 344 g/mol. The Kier molecular flexibility index (Phi) is 4.87. The molecule has 0 saturated carbocycles. The van der Waals surface area contributed by atoms with E-state index in [0.29, 0.717) is 5.39 Å².